The van der Waals surface area contributed by atoms with Crippen molar-refractivity contribution in [3.8, 4) is 5.75 Å². The third-order valence-electron chi connectivity index (χ3n) is 2.07. The summed E-state index contributed by atoms with van der Waals surface area (Å²) in [5.41, 5.74) is -0.0178. The average Bonchev–Trinajstić information content (AvgIpc) is 2.73. The van der Waals surface area contributed by atoms with Crippen LogP contribution in [0.5, 0.6) is 5.75 Å². The van der Waals surface area contributed by atoms with Gasteiger partial charge in [-0.1, -0.05) is 0 Å². The second kappa shape index (κ2) is 4.65. The molecule has 2 heterocycles. The summed E-state index contributed by atoms with van der Waals surface area (Å²) in [5, 5.41) is 12.0. The van der Waals surface area contributed by atoms with Crippen LogP contribution in [0.3, 0.4) is 0 Å². The smallest absolute Gasteiger partial charge is 0.274 e. The summed E-state index contributed by atoms with van der Waals surface area (Å²) in [5.74, 6) is 0.453. The van der Waals surface area contributed by atoms with Crippen molar-refractivity contribution in [1.29, 1.82) is 0 Å². The monoisotopic (exact) mass is 233 g/mol. The fraction of sp³-hybridized carbons (Fsp3) is 0.182. The summed E-state index contributed by atoms with van der Waals surface area (Å²) in [6, 6.07) is 2.95. The number of hydrogen-bond acceptors (Lipinski definition) is 5. The highest BCUT2D eigenvalue weighted by molar-refractivity contribution is 5.94. The molecule has 88 valence electrons. The van der Waals surface area contributed by atoms with Crippen LogP contribution in [-0.2, 0) is 6.54 Å². The lowest BCUT2D eigenvalue weighted by atomic mass is 10.3. The van der Waals surface area contributed by atoms with Crippen molar-refractivity contribution in [2.24, 2.45) is 0 Å². The van der Waals surface area contributed by atoms with E-state index in [9.17, 15) is 9.90 Å². The molecule has 0 atom stereocenters. The minimum Gasteiger partial charge on any atom is -0.505 e. The van der Waals surface area contributed by atoms with Gasteiger partial charge < -0.3 is 14.8 Å². The second-order valence-electron chi connectivity index (χ2n) is 3.42. The largest absolute Gasteiger partial charge is 0.505 e. The lowest BCUT2D eigenvalue weighted by Gasteiger charge is -2.03. The van der Waals surface area contributed by atoms with Crippen LogP contribution in [0.15, 0.2) is 28.9 Å². The van der Waals surface area contributed by atoms with E-state index in [0.717, 1.165) is 0 Å². The summed E-state index contributed by atoms with van der Waals surface area (Å²) in [6.07, 6.45) is 3.00. The predicted octanol–water partition coefficient (Wildman–Crippen LogP) is 1.01. The Morgan fingerprint density at radius 1 is 1.53 bits per heavy atom. The van der Waals surface area contributed by atoms with Gasteiger partial charge in [-0.3, -0.25) is 4.79 Å². The van der Waals surface area contributed by atoms with Crippen molar-refractivity contribution in [3.63, 3.8) is 0 Å². The highest BCUT2D eigenvalue weighted by Crippen LogP contribution is 2.12. The Bertz CT molecular complexity index is 536. The molecule has 1 amide bonds. The number of oxazole rings is 1. The van der Waals surface area contributed by atoms with E-state index in [1.54, 1.807) is 19.2 Å². The molecule has 0 bridgehead atoms. The first kappa shape index (κ1) is 11.1. The highest BCUT2D eigenvalue weighted by atomic mass is 16.4. The van der Waals surface area contributed by atoms with Gasteiger partial charge in [0, 0.05) is 6.20 Å². The molecule has 0 aliphatic carbocycles. The van der Waals surface area contributed by atoms with Crippen LogP contribution in [0, 0.1) is 6.92 Å². The maximum Gasteiger partial charge on any atom is 0.274 e. The first-order valence-electron chi connectivity index (χ1n) is 5.00. The Labute approximate surface area is 97.3 Å². The first-order valence-corrected chi connectivity index (χ1v) is 5.00. The number of aromatic nitrogens is 2. The number of aromatic hydroxyl groups is 1. The van der Waals surface area contributed by atoms with Gasteiger partial charge in [-0.25, -0.2) is 9.97 Å². The number of carbonyl (C=O) groups excluding carboxylic acids is 1. The average molecular weight is 233 g/mol. The number of nitrogens with one attached hydrogen (secondary N) is 1. The minimum atomic E-state index is -0.473. The van der Waals surface area contributed by atoms with E-state index in [4.69, 9.17) is 4.42 Å². The Morgan fingerprint density at radius 3 is 3.00 bits per heavy atom. The molecular weight excluding hydrogens is 222 g/mol. The fourth-order valence-corrected chi connectivity index (χ4v) is 1.29. The molecule has 0 aliphatic heterocycles. The van der Waals surface area contributed by atoms with Gasteiger partial charge in [0.15, 0.2) is 5.69 Å². The molecular formula is C11H11N3O3. The lowest BCUT2D eigenvalue weighted by molar-refractivity contribution is 0.0939. The molecule has 2 aromatic rings. The topological polar surface area (TPSA) is 88.2 Å². The van der Waals surface area contributed by atoms with Gasteiger partial charge in [-0.15, -0.1) is 0 Å². The van der Waals surface area contributed by atoms with Gasteiger partial charge in [-0.05, 0) is 19.1 Å². The zero-order valence-corrected chi connectivity index (χ0v) is 9.17. The maximum absolute atomic E-state index is 11.6. The van der Waals surface area contributed by atoms with E-state index >= 15 is 0 Å². The van der Waals surface area contributed by atoms with Crippen molar-refractivity contribution in [2.75, 3.05) is 0 Å². The molecule has 6 nitrogen and oxygen atoms in total. The molecule has 0 saturated carbocycles. The Kier molecular flexibility index (Phi) is 3.04. The summed E-state index contributed by atoms with van der Waals surface area (Å²) >= 11 is 0. The highest BCUT2D eigenvalue weighted by Gasteiger charge is 2.12. The predicted molar refractivity (Wildman–Crippen MR) is 58.3 cm³/mol. The van der Waals surface area contributed by atoms with Crippen LogP contribution < -0.4 is 5.32 Å². The first-order chi connectivity index (χ1) is 8.16. The normalized spacial score (nSPS) is 10.2. The van der Waals surface area contributed by atoms with Gasteiger partial charge in [-0.2, -0.15) is 0 Å². The molecule has 2 rings (SSSR count). The molecule has 6 heteroatoms. The minimum absolute atomic E-state index is 0.0178. The Morgan fingerprint density at radius 2 is 2.35 bits per heavy atom. The van der Waals surface area contributed by atoms with Gasteiger partial charge >= 0.3 is 0 Å². The van der Waals surface area contributed by atoms with Crippen molar-refractivity contribution < 1.29 is 14.3 Å². The molecule has 2 N–H and O–H groups in total. The Balaban J connectivity index is 2.01. The van der Waals surface area contributed by atoms with Gasteiger partial charge in [0.25, 0.3) is 5.91 Å². The van der Waals surface area contributed by atoms with Crippen LogP contribution in [0.1, 0.15) is 22.1 Å². The van der Waals surface area contributed by atoms with E-state index in [1.807, 2.05) is 0 Å². The molecule has 0 saturated heterocycles. The van der Waals surface area contributed by atoms with Gasteiger partial charge in [0.1, 0.15) is 11.5 Å². The summed E-state index contributed by atoms with van der Waals surface area (Å²) in [4.78, 5) is 19.4. The maximum atomic E-state index is 11.6. The quantitative estimate of drug-likeness (QED) is 0.826. The zero-order chi connectivity index (χ0) is 12.3. The third-order valence-corrected chi connectivity index (χ3v) is 2.07. The van der Waals surface area contributed by atoms with Crippen LogP contribution >= 0.6 is 0 Å². The molecule has 0 aromatic carbocycles. The molecule has 17 heavy (non-hydrogen) atoms. The van der Waals surface area contributed by atoms with Crippen molar-refractivity contribution in [1.82, 2.24) is 15.3 Å². The van der Waals surface area contributed by atoms with Gasteiger partial charge in [0.2, 0.25) is 5.89 Å². The summed E-state index contributed by atoms with van der Waals surface area (Å²) in [7, 11) is 0. The van der Waals surface area contributed by atoms with E-state index in [1.165, 1.54) is 12.3 Å². The molecule has 2 aromatic heterocycles. The second-order valence-corrected chi connectivity index (χ2v) is 3.42. The van der Waals surface area contributed by atoms with Gasteiger partial charge in [0.05, 0.1) is 12.7 Å². The number of amides is 1. The number of nitrogens with zero attached hydrogens (tertiary/aromatic N) is 2. The van der Waals surface area contributed by atoms with E-state index in [-0.39, 0.29) is 18.0 Å². The summed E-state index contributed by atoms with van der Waals surface area (Å²) < 4.78 is 5.19. The Hall–Kier alpha value is -2.37. The molecule has 0 radical (unpaired) electrons. The van der Waals surface area contributed by atoms with Crippen molar-refractivity contribution in [2.45, 2.75) is 13.5 Å². The molecule has 0 fully saturated rings. The van der Waals surface area contributed by atoms with E-state index < -0.39 is 5.91 Å². The standard InChI is InChI=1S/C11H11N3O3/c1-7-5-13-9(17-7)6-14-11(16)10-8(15)3-2-4-12-10/h2-5,15H,6H2,1H3,(H,14,16). The van der Waals surface area contributed by atoms with E-state index in [0.29, 0.717) is 11.7 Å². The lowest BCUT2D eigenvalue weighted by Crippen LogP contribution is -2.23. The van der Waals surface area contributed by atoms with Crippen LogP contribution in [0.2, 0.25) is 0 Å². The number of carbonyl (C=O) groups is 1. The van der Waals surface area contributed by atoms with Crippen LogP contribution in [0.4, 0.5) is 0 Å². The van der Waals surface area contributed by atoms with Crippen molar-refractivity contribution in [3.05, 3.63) is 41.9 Å². The SMILES string of the molecule is Cc1cnc(CNC(=O)c2ncccc2O)o1. The molecule has 0 aliphatic rings. The number of hydrogen-bond donors (Lipinski definition) is 2. The zero-order valence-electron chi connectivity index (χ0n) is 9.17. The summed E-state index contributed by atoms with van der Waals surface area (Å²) in [6.45, 7) is 1.92. The third kappa shape index (κ3) is 2.60. The molecule has 0 unspecified atom stereocenters. The molecule has 0 spiro atoms. The fourth-order valence-electron chi connectivity index (χ4n) is 1.29. The number of rotatable bonds is 3. The number of aryl methyl sites for hydroxylation is 1. The van der Waals surface area contributed by atoms with Crippen molar-refractivity contribution >= 4 is 5.91 Å². The van der Waals surface area contributed by atoms with E-state index in [2.05, 4.69) is 15.3 Å². The van der Waals surface area contributed by atoms with Crippen LogP contribution in [-0.4, -0.2) is 21.0 Å². The number of pyridine rings is 1. The van der Waals surface area contributed by atoms with Crippen LogP contribution in [0.25, 0.3) is 0 Å².